The van der Waals surface area contributed by atoms with E-state index in [0.29, 0.717) is 40.3 Å². The normalized spacial score (nSPS) is 10.6. The van der Waals surface area contributed by atoms with Gasteiger partial charge in [-0.15, -0.1) is 0 Å². The minimum Gasteiger partial charge on any atom is -0.490 e. The van der Waals surface area contributed by atoms with Gasteiger partial charge in [0.05, 0.1) is 18.4 Å². The molecule has 0 fully saturated rings. The molecule has 8 heteroatoms. The van der Waals surface area contributed by atoms with E-state index in [-0.39, 0.29) is 11.7 Å². The van der Waals surface area contributed by atoms with Gasteiger partial charge in [-0.1, -0.05) is 42.5 Å². The number of nitrogens with one attached hydrogen (secondary N) is 2. The predicted octanol–water partition coefficient (Wildman–Crippen LogP) is 5.32. The smallest absolute Gasteiger partial charge is 0.343 e. The Kier molecular flexibility index (Phi) is 8.60. The molecule has 0 spiro atoms. The molecule has 190 valence electrons. The number of hydrazone groups is 1. The molecule has 0 radical (unpaired) electrons. The summed E-state index contributed by atoms with van der Waals surface area (Å²) in [5.74, 6) is -0.577. The van der Waals surface area contributed by atoms with Crippen molar-refractivity contribution in [1.29, 1.82) is 0 Å². The average molecular weight is 508 g/mol. The summed E-state index contributed by atoms with van der Waals surface area (Å²) in [6, 6.07) is 28.9. The number of esters is 1. The molecule has 0 aliphatic rings. The van der Waals surface area contributed by atoms with E-state index in [4.69, 9.17) is 9.47 Å². The number of amides is 2. The van der Waals surface area contributed by atoms with Crippen molar-refractivity contribution >= 4 is 29.7 Å². The summed E-state index contributed by atoms with van der Waals surface area (Å²) < 4.78 is 11.1. The maximum Gasteiger partial charge on any atom is 0.343 e. The average Bonchev–Trinajstić information content (AvgIpc) is 2.95. The van der Waals surface area contributed by atoms with Crippen LogP contribution in [0.2, 0.25) is 0 Å². The van der Waals surface area contributed by atoms with Gasteiger partial charge in [0.15, 0.2) is 11.5 Å². The SMILES string of the molecule is CCOc1cc(C=NNC(=O)c2cccc(NC(=O)c3ccccc3)c2)ccc1OC(=O)c1ccccc1. The molecule has 0 atom stereocenters. The fourth-order valence-electron chi connectivity index (χ4n) is 3.45. The van der Waals surface area contributed by atoms with Gasteiger partial charge in [-0.05, 0) is 73.2 Å². The first-order valence-corrected chi connectivity index (χ1v) is 11.9. The van der Waals surface area contributed by atoms with Crippen LogP contribution < -0.4 is 20.2 Å². The van der Waals surface area contributed by atoms with Gasteiger partial charge in [0.1, 0.15) is 0 Å². The first-order valence-electron chi connectivity index (χ1n) is 11.9. The van der Waals surface area contributed by atoms with Crippen molar-refractivity contribution in [1.82, 2.24) is 5.43 Å². The molecular formula is C30H25N3O5. The third kappa shape index (κ3) is 6.92. The van der Waals surface area contributed by atoms with Crippen LogP contribution in [0.5, 0.6) is 11.5 Å². The first kappa shape index (κ1) is 25.8. The van der Waals surface area contributed by atoms with Crippen LogP contribution in [0.1, 0.15) is 43.6 Å². The number of ether oxygens (including phenoxy) is 2. The summed E-state index contributed by atoms with van der Waals surface area (Å²) in [7, 11) is 0. The minimum atomic E-state index is -0.498. The largest absolute Gasteiger partial charge is 0.490 e. The molecule has 4 rings (SSSR count). The summed E-state index contributed by atoms with van der Waals surface area (Å²) in [5.41, 5.74) is 4.84. The Morgan fingerprint density at radius 2 is 1.42 bits per heavy atom. The lowest BCUT2D eigenvalue weighted by Crippen LogP contribution is -2.18. The van der Waals surface area contributed by atoms with Crippen LogP contribution >= 0.6 is 0 Å². The molecule has 0 bridgehead atoms. The van der Waals surface area contributed by atoms with Crippen molar-refractivity contribution in [2.75, 3.05) is 11.9 Å². The molecule has 0 aliphatic carbocycles. The Labute approximate surface area is 219 Å². The number of anilines is 1. The maximum atomic E-state index is 12.6. The zero-order valence-corrected chi connectivity index (χ0v) is 20.6. The highest BCUT2D eigenvalue weighted by Crippen LogP contribution is 2.29. The molecule has 0 unspecified atom stereocenters. The molecule has 0 aliphatic heterocycles. The van der Waals surface area contributed by atoms with Gasteiger partial charge in [0.2, 0.25) is 0 Å². The van der Waals surface area contributed by atoms with E-state index in [2.05, 4.69) is 15.8 Å². The number of nitrogens with zero attached hydrogens (tertiary/aromatic N) is 1. The molecule has 2 amide bonds. The number of hydrogen-bond acceptors (Lipinski definition) is 6. The summed E-state index contributed by atoms with van der Waals surface area (Å²) in [6.45, 7) is 2.19. The summed E-state index contributed by atoms with van der Waals surface area (Å²) >= 11 is 0. The minimum absolute atomic E-state index is 0.274. The van der Waals surface area contributed by atoms with E-state index >= 15 is 0 Å². The van der Waals surface area contributed by atoms with Crippen molar-refractivity contribution in [3.63, 3.8) is 0 Å². The molecule has 0 heterocycles. The number of carbonyl (C=O) groups is 3. The second-order valence-electron chi connectivity index (χ2n) is 7.99. The molecule has 4 aromatic rings. The summed E-state index contributed by atoms with van der Waals surface area (Å²) in [5, 5.41) is 6.80. The molecule has 0 saturated carbocycles. The third-order valence-corrected chi connectivity index (χ3v) is 5.28. The highest BCUT2D eigenvalue weighted by molar-refractivity contribution is 6.05. The van der Waals surface area contributed by atoms with Crippen LogP contribution in [0.4, 0.5) is 5.69 Å². The van der Waals surface area contributed by atoms with Gasteiger partial charge in [0, 0.05) is 16.8 Å². The van der Waals surface area contributed by atoms with E-state index in [1.807, 2.05) is 19.1 Å². The zero-order chi connectivity index (χ0) is 26.7. The molecule has 4 aromatic carbocycles. The highest BCUT2D eigenvalue weighted by Gasteiger charge is 2.13. The summed E-state index contributed by atoms with van der Waals surface area (Å²) in [4.78, 5) is 37.4. The third-order valence-electron chi connectivity index (χ3n) is 5.28. The van der Waals surface area contributed by atoms with Crippen LogP contribution in [0.15, 0.2) is 108 Å². The standard InChI is InChI=1S/C30H25N3O5/c1-2-37-27-18-21(16-17-26(27)38-30(36)23-12-7-4-8-13-23)20-31-33-29(35)24-14-9-15-25(19-24)32-28(34)22-10-5-3-6-11-22/h3-20H,2H2,1H3,(H,32,34)(H,33,35). The lowest BCUT2D eigenvalue weighted by molar-refractivity contribution is 0.0728. The number of rotatable bonds is 9. The van der Waals surface area contributed by atoms with Gasteiger partial charge >= 0.3 is 5.97 Å². The highest BCUT2D eigenvalue weighted by atomic mass is 16.6. The lowest BCUT2D eigenvalue weighted by atomic mass is 10.1. The molecule has 0 aromatic heterocycles. The Morgan fingerprint density at radius 3 is 2.13 bits per heavy atom. The van der Waals surface area contributed by atoms with Crippen LogP contribution in [-0.2, 0) is 0 Å². The van der Waals surface area contributed by atoms with Gasteiger partial charge in [0.25, 0.3) is 11.8 Å². The monoisotopic (exact) mass is 507 g/mol. The van der Waals surface area contributed by atoms with Crippen LogP contribution in [0, 0.1) is 0 Å². The number of hydrogen-bond donors (Lipinski definition) is 2. The molecular weight excluding hydrogens is 482 g/mol. The van der Waals surface area contributed by atoms with Crippen molar-refractivity contribution < 1.29 is 23.9 Å². The maximum absolute atomic E-state index is 12.6. The fraction of sp³-hybridized carbons (Fsp3) is 0.0667. The van der Waals surface area contributed by atoms with Crippen molar-refractivity contribution in [2.24, 2.45) is 5.10 Å². The van der Waals surface area contributed by atoms with Crippen molar-refractivity contribution in [3.8, 4) is 11.5 Å². The van der Waals surface area contributed by atoms with E-state index in [1.54, 1.807) is 91.0 Å². The van der Waals surface area contributed by atoms with Crippen LogP contribution in [0.3, 0.4) is 0 Å². The lowest BCUT2D eigenvalue weighted by Gasteiger charge is -2.11. The Hall–Kier alpha value is -5.24. The van der Waals surface area contributed by atoms with Crippen molar-refractivity contribution in [2.45, 2.75) is 6.92 Å². The fourth-order valence-corrected chi connectivity index (χ4v) is 3.45. The van der Waals surface area contributed by atoms with E-state index < -0.39 is 11.9 Å². The molecule has 8 nitrogen and oxygen atoms in total. The molecule has 38 heavy (non-hydrogen) atoms. The van der Waals surface area contributed by atoms with E-state index in [1.165, 1.54) is 6.21 Å². The molecule has 0 saturated heterocycles. The predicted molar refractivity (Wildman–Crippen MR) is 145 cm³/mol. The topological polar surface area (TPSA) is 106 Å². The van der Waals surface area contributed by atoms with Gasteiger partial charge < -0.3 is 14.8 Å². The van der Waals surface area contributed by atoms with Gasteiger partial charge in [-0.2, -0.15) is 5.10 Å². The second-order valence-corrected chi connectivity index (χ2v) is 7.99. The number of carbonyl (C=O) groups excluding carboxylic acids is 3. The van der Waals surface area contributed by atoms with Crippen molar-refractivity contribution in [3.05, 3.63) is 125 Å². The van der Waals surface area contributed by atoms with E-state index in [0.717, 1.165) is 0 Å². The molecule has 2 N–H and O–H groups in total. The van der Waals surface area contributed by atoms with Gasteiger partial charge in [-0.25, -0.2) is 10.2 Å². The Morgan fingerprint density at radius 1 is 0.737 bits per heavy atom. The Bertz CT molecular complexity index is 1450. The Balaban J connectivity index is 1.39. The zero-order valence-electron chi connectivity index (χ0n) is 20.6. The van der Waals surface area contributed by atoms with E-state index in [9.17, 15) is 14.4 Å². The van der Waals surface area contributed by atoms with Crippen LogP contribution in [0.25, 0.3) is 0 Å². The second kappa shape index (κ2) is 12.6. The quantitative estimate of drug-likeness (QED) is 0.138. The summed E-state index contributed by atoms with van der Waals surface area (Å²) in [6.07, 6.45) is 1.45. The first-order chi connectivity index (χ1) is 18.5. The van der Waals surface area contributed by atoms with Crippen LogP contribution in [-0.4, -0.2) is 30.6 Å². The van der Waals surface area contributed by atoms with Gasteiger partial charge in [-0.3, -0.25) is 9.59 Å². The number of benzene rings is 4.